The molecule has 0 atom stereocenters. The molecule has 1 aromatic rings. The minimum absolute atomic E-state index is 0.0216. The zero-order valence-corrected chi connectivity index (χ0v) is 11.0. The Labute approximate surface area is 113 Å². The molecular weight excluding hydrogens is 242 g/mol. The van der Waals surface area contributed by atoms with E-state index in [-0.39, 0.29) is 18.4 Å². The summed E-state index contributed by atoms with van der Waals surface area (Å²) in [6.45, 7) is 1.25. The van der Waals surface area contributed by atoms with Crippen molar-refractivity contribution in [2.45, 2.75) is 19.3 Å². The van der Waals surface area contributed by atoms with Crippen LogP contribution < -0.4 is 16.4 Å². The van der Waals surface area contributed by atoms with Gasteiger partial charge < -0.3 is 16.4 Å². The Hall–Kier alpha value is -1.88. The van der Waals surface area contributed by atoms with Crippen LogP contribution in [0, 0.1) is 0 Å². The Balaban J connectivity index is 2.03. The zero-order chi connectivity index (χ0) is 13.9. The minimum Gasteiger partial charge on any atom is -0.356 e. The first kappa shape index (κ1) is 15.2. The second-order valence-electron chi connectivity index (χ2n) is 4.27. The Morgan fingerprint density at radius 1 is 0.947 bits per heavy atom. The molecule has 0 aromatic heterocycles. The fourth-order valence-corrected chi connectivity index (χ4v) is 1.62. The van der Waals surface area contributed by atoms with Crippen molar-refractivity contribution in [1.82, 2.24) is 10.6 Å². The molecule has 2 amide bonds. The van der Waals surface area contributed by atoms with Crippen molar-refractivity contribution in [3.8, 4) is 0 Å². The second kappa shape index (κ2) is 9.10. The molecule has 0 heterocycles. The summed E-state index contributed by atoms with van der Waals surface area (Å²) in [7, 11) is 0. The lowest BCUT2D eigenvalue weighted by molar-refractivity contribution is -0.121. The molecular formula is C14H21N3O2. The SMILES string of the molecule is NCC(=O)NCCCCNC(=O)Cc1ccccc1. The van der Waals surface area contributed by atoms with Gasteiger partial charge in [-0.15, -0.1) is 0 Å². The lowest BCUT2D eigenvalue weighted by Gasteiger charge is -2.06. The predicted molar refractivity (Wildman–Crippen MR) is 74.5 cm³/mol. The summed E-state index contributed by atoms with van der Waals surface area (Å²) in [6, 6.07) is 9.63. The molecule has 0 fully saturated rings. The Bertz CT molecular complexity index is 393. The number of unbranched alkanes of at least 4 members (excludes halogenated alkanes) is 1. The van der Waals surface area contributed by atoms with Crippen molar-refractivity contribution in [3.63, 3.8) is 0 Å². The number of carbonyl (C=O) groups excluding carboxylic acids is 2. The molecule has 5 heteroatoms. The Morgan fingerprint density at radius 2 is 1.53 bits per heavy atom. The molecule has 0 spiro atoms. The number of nitrogens with one attached hydrogen (secondary N) is 2. The smallest absolute Gasteiger partial charge is 0.233 e. The van der Waals surface area contributed by atoms with Crippen molar-refractivity contribution in [2.75, 3.05) is 19.6 Å². The van der Waals surface area contributed by atoms with Crippen LogP contribution in [0.2, 0.25) is 0 Å². The maximum absolute atomic E-state index is 11.6. The van der Waals surface area contributed by atoms with E-state index in [4.69, 9.17) is 5.73 Å². The fraction of sp³-hybridized carbons (Fsp3) is 0.429. The number of benzene rings is 1. The first-order chi connectivity index (χ1) is 9.22. The van der Waals surface area contributed by atoms with Gasteiger partial charge in [-0.2, -0.15) is 0 Å². The van der Waals surface area contributed by atoms with E-state index in [1.54, 1.807) is 0 Å². The molecule has 1 rings (SSSR count). The van der Waals surface area contributed by atoms with Crippen LogP contribution in [0.5, 0.6) is 0 Å². The van der Waals surface area contributed by atoms with Crippen molar-refractivity contribution < 1.29 is 9.59 Å². The number of rotatable bonds is 8. The molecule has 0 unspecified atom stereocenters. The normalized spacial score (nSPS) is 9.95. The summed E-state index contributed by atoms with van der Waals surface area (Å²) in [5.41, 5.74) is 6.17. The maximum Gasteiger partial charge on any atom is 0.233 e. The van der Waals surface area contributed by atoms with Crippen LogP contribution in [0.1, 0.15) is 18.4 Å². The highest BCUT2D eigenvalue weighted by Gasteiger charge is 2.02. The molecule has 0 aliphatic rings. The highest BCUT2D eigenvalue weighted by molar-refractivity contribution is 5.78. The van der Waals surface area contributed by atoms with Gasteiger partial charge >= 0.3 is 0 Å². The van der Waals surface area contributed by atoms with E-state index in [0.29, 0.717) is 19.5 Å². The maximum atomic E-state index is 11.6. The second-order valence-corrected chi connectivity index (χ2v) is 4.27. The number of hydrogen-bond donors (Lipinski definition) is 3. The van der Waals surface area contributed by atoms with Crippen molar-refractivity contribution in [1.29, 1.82) is 0 Å². The van der Waals surface area contributed by atoms with Crippen molar-refractivity contribution in [2.24, 2.45) is 5.73 Å². The molecule has 0 aliphatic heterocycles. The number of amides is 2. The van der Waals surface area contributed by atoms with Crippen LogP contribution in [0.3, 0.4) is 0 Å². The molecule has 0 saturated carbocycles. The van der Waals surface area contributed by atoms with Crippen LogP contribution in [0.4, 0.5) is 0 Å². The van der Waals surface area contributed by atoms with Gasteiger partial charge in [-0.05, 0) is 18.4 Å². The van der Waals surface area contributed by atoms with Crippen LogP contribution >= 0.6 is 0 Å². The van der Waals surface area contributed by atoms with Crippen LogP contribution in [0.15, 0.2) is 30.3 Å². The van der Waals surface area contributed by atoms with Gasteiger partial charge in [0.2, 0.25) is 11.8 Å². The van der Waals surface area contributed by atoms with Gasteiger partial charge in [0.1, 0.15) is 0 Å². The average Bonchev–Trinajstić information content (AvgIpc) is 2.43. The van der Waals surface area contributed by atoms with E-state index in [9.17, 15) is 9.59 Å². The van der Waals surface area contributed by atoms with Gasteiger partial charge in [0.05, 0.1) is 13.0 Å². The van der Waals surface area contributed by atoms with Gasteiger partial charge in [-0.25, -0.2) is 0 Å². The van der Waals surface area contributed by atoms with Crippen molar-refractivity contribution in [3.05, 3.63) is 35.9 Å². The molecule has 104 valence electrons. The third-order valence-electron chi connectivity index (χ3n) is 2.64. The molecule has 19 heavy (non-hydrogen) atoms. The summed E-state index contributed by atoms with van der Waals surface area (Å²) >= 11 is 0. The van der Waals surface area contributed by atoms with Crippen LogP contribution in [-0.2, 0) is 16.0 Å². The van der Waals surface area contributed by atoms with E-state index in [1.807, 2.05) is 30.3 Å². The number of nitrogens with two attached hydrogens (primary N) is 1. The lowest BCUT2D eigenvalue weighted by Crippen LogP contribution is -2.31. The van der Waals surface area contributed by atoms with Gasteiger partial charge in [0.15, 0.2) is 0 Å². The molecule has 1 aromatic carbocycles. The molecule has 0 bridgehead atoms. The largest absolute Gasteiger partial charge is 0.356 e. The topological polar surface area (TPSA) is 84.2 Å². The van der Waals surface area contributed by atoms with E-state index >= 15 is 0 Å². The molecule has 5 nitrogen and oxygen atoms in total. The summed E-state index contributed by atoms with van der Waals surface area (Å²) in [5, 5.41) is 5.54. The Morgan fingerprint density at radius 3 is 2.11 bits per heavy atom. The van der Waals surface area contributed by atoms with E-state index in [2.05, 4.69) is 10.6 Å². The van der Waals surface area contributed by atoms with Crippen LogP contribution in [0.25, 0.3) is 0 Å². The quantitative estimate of drug-likeness (QED) is 0.586. The van der Waals surface area contributed by atoms with E-state index in [1.165, 1.54) is 0 Å². The van der Waals surface area contributed by atoms with E-state index < -0.39 is 0 Å². The highest BCUT2D eigenvalue weighted by Crippen LogP contribution is 1.99. The number of carbonyl (C=O) groups is 2. The van der Waals surface area contributed by atoms with Gasteiger partial charge in [-0.3, -0.25) is 9.59 Å². The predicted octanol–water partition coefficient (Wildman–Crippen LogP) is 0.200. The van der Waals surface area contributed by atoms with Crippen molar-refractivity contribution >= 4 is 11.8 Å². The summed E-state index contributed by atoms with van der Waals surface area (Å²) in [4.78, 5) is 22.5. The minimum atomic E-state index is -0.145. The van der Waals surface area contributed by atoms with E-state index in [0.717, 1.165) is 18.4 Å². The summed E-state index contributed by atoms with van der Waals surface area (Å²) in [5.74, 6) is -0.120. The third kappa shape index (κ3) is 7.21. The first-order valence-corrected chi connectivity index (χ1v) is 6.49. The summed E-state index contributed by atoms with van der Waals surface area (Å²) < 4.78 is 0. The average molecular weight is 263 g/mol. The van der Waals surface area contributed by atoms with Crippen LogP contribution in [-0.4, -0.2) is 31.4 Å². The zero-order valence-electron chi connectivity index (χ0n) is 11.0. The molecule has 4 N–H and O–H groups in total. The highest BCUT2D eigenvalue weighted by atomic mass is 16.2. The standard InChI is InChI=1S/C14H21N3O2/c15-11-14(19)17-9-5-4-8-16-13(18)10-12-6-2-1-3-7-12/h1-3,6-7H,4-5,8-11,15H2,(H,16,18)(H,17,19). The number of hydrogen-bond acceptors (Lipinski definition) is 3. The van der Waals surface area contributed by atoms with Gasteiger partial charge in [0, 0.05) is 13.1 Å². The molecule has 0 radical (unpaired) electrons. The third-order valence-corrected chi connectivity index (χ3v) is 2.64. The lowest BCUT2D eigenvalue weighted by atomic mass is 10.1. The first-order valence-electron chi connectivity index (χ1n) is 6.49. The molecule has 0 aliphatic carbocycles. The monoisotopic (exact) mass is 263 g/mol. The van der Waals surface area contributed by atoms with Gasteiger partial charge in [-0.1, -0.05) is 30.3 Å². The summed E-state index contributed by atoms with van der Waals surface area (Å²) in [6.07, 6.45) is 2.08. The van der Waals surface area contributed by atoms with Gasteiger partial charge in [0.25, 0.3) is 0 Å². The molecule has 0 saturated heterocycles. The Kier molecular flexibility index (Phi) is 7.27. The fourth-order valence-electron chi connectivity index (χ4n) is 1.62.